The first kappa shape index (κ1) is 20.3. The van der Waals surface area contributed by atoms with Crippen LogP contribution in [-0.2, 0) is 10.0 Å². The van der Waals surface area contributed by atoms with E-state index in [9.17, 15) is 13.2 Å². The maximum atomic E-state index is 12.7. The Morgan fingerprint density at radius 1 is 1.10 bits per heavy atom. The summed E-state index contributed by atoms with van der Waals surface area (Å²) in [5.41, 5.74) is 2.44. The molecule has 0 aliphatic heterocycles. The topological polar surface area (TPSA) is 104 Å². The van der Waals surface area contributed by atoms with Crippen molar-refractivity contribution in [2.24, 2.45) is 0 Å². The predicted molar refractivity (Wildman–Crippen MR) is 119 cm³/mol. The van der Waals surface area contributed by atoms with Crippen molar-refractivity contribution < 1.29 is 13.2 Å². The zero-order valence-corrected chi connectivity index (χ0v) is 18.0. The van der Waals surface area contributed by atoms with Crippen LogP contribution in [0.15, 0.2) is 64.9 Å². The van der Waals surface area contributed by atoms with E-state index < -0.39 is 15.9 Å². The molecular weight excluding hydrogens is 420 g/mol. The molecule has 0 spiro atoms. The molecule has 0 aliphatic carbocycles. The van der Waals surface area contributed by atoms with E-state index in [1.165, 1.54) is 12.1 Å². The number of nitrogens with one attached hydrogen (secondary N) is 3. The normalized spacial score (nSPS) is 11.8. The molecule has 0 bridgehead atoms. The average molecular weight is 441 g/mol. The standard InChI is InChI=1S/C21H20N4O3S2/c1-13(2)25-30(27,28)16-6-3-5-14(11-16)21(26)22-15-8-9-17-18(12-15)24-20(23-17)19-7-4-10-29-19/h3-13,25H,1-2H3,(H,22,26)(H,23,24). The van der Waals surface area contributed by atoms with Crippen molar-refractivity contribution in [3.63, 3.8) is 0 Å². The summed E-state index contributed by atoms with van der Waals surface area (Å²) >= 11 is 1.59. The molecule has 0 atom stereocenters. The van der Waals surface area contributed by atoms with Crippen LogP contribution in [0.2, 0.25) is 0 Å². The molecule has 0 radical (unpaired) electrons. The summed E-state index contributed by atoms with van der Waals surface area (Å²) in [6.45, 7) is 3.48. The lowest BCUT2D eigenvalue weighted by atomic mass is 10.2. The van der Waals surface area contributed by atoms with Crippen LogP contribution in [0.4, 0.5) is 5.69 Å². The maximum absolute atomic E-state index is 12.7. The minimum Gasteiger partial charge on any atom is -0.337 e. The van der Waals surface area contributed by atoms with Crippen LogP contribution < -0.4 is 10.0 Å². The van der Waals surface area contributed by atoms with Gasteiger partial charge >= 0.3 is 0 Å². The number of thiophene rings is 1. The molecule has 0 unspecified atom stereocenters. The Labute approximate surface area is 178 Å². The Bertz CT molecular complexity index is 1310. The number of aromatic amines is 1. The van der Waals surface area contributed by atoms with Crippen LogP contribution in [0.1, 0.15) is 24.2 Å². The molecule has 0 saturated heterocycles. The molecule has 7 nitrogen and oxygen atoms in total. The molecule has 2 heterocycles. The maximum Gasteiger partial charge on any atom is 0.255 e. The summed E-state index contributed by atoms with van der Waals surface area (Å²) in [4.78, 5) is 21.6. The molecule has 2 aromatic carbocycles. The second-order valence-corrected chi connectivity index (χ2v) is 9.71. The Morgan fingerprint density at radius 2 is 1.93 bits per heavy atom. The molecular formula is C21H20N4O3S2. The molecule has 2 aromatic heterocycles. The summed E-state index contributed by atoms with van der Waals surface area (Å²) in [5, 5.41) is 4.80. The summed E-state index contributed by atoms with van der Waals surface area (Å²) in [5.74, 6) is 0.382. The lowest BCUT2D eigenvalue weighted by Gasteiger charge is -2.11. The first-order valence-corrected chi connectivity index (χ1v) is 11.7. The Kier molecular flexibility index (Phi) is 5.42. The second kappa shape index (κ2) is 8.02. The molecule has 4 rings (SSSR count). The Balaban J connectivity index is 1.56. The highest BCUT2D eigenvalue weighted by Crippen LogP contribution is 2.26. The molecule has 0 fully saturated rings. The lowest BCUT2D eigenvalue weighted by Crippen LogP contribution is -2.30. The monoisotopic (exact) mass is 440 g/mol. The van der Waals surface area contributed by atoms with Crippen molar-refractivity contribution >= 4 is 44.0 Å². The number of H-pyrrole nitrogens is 1. The first-order valence-electron chi connectivity index (χ1n) is 9.29. The van der Waals surface area contributed by atoms with Gasteiger partial charge in [-0.05, 0) is 61.7 Å². The highest BCUT2D eigenvalue weighted by molar-refractivity contribution is 7.89. The van der Waals surface area contributed by atoms with Crippen molar-refractivity contribution in [2.75, 3.05) is 5.32 Å². The van der Waals surface area contributed by atoms with E-state index in [4.69, 9.17) is 0 Å². The third kappa shape index (κ3) is 4.28. The zero-order chi connectivity index (χ0) is 21.3. The molecule has 4 aromatic rings. The van der Waals surface area contributed by atoms with Gasteiger partial charge in [0.15, 0.2) is 0 Å². The number of aromatic nitrogens is 2. The van der Waals surface area contributed by atoms with Crippen molar-refractivity contribution in [3.8, 4) is 10.7 Å². The van der Waals surface area contributed by atoms with E-state index >= 15 is 0 Å². The molecule has 154 valence electrons. The molecule has 0 saturated carbocycles. The number of carbonyl (C=O) groups is 1. The number of anilines is 1. The number of carbonyl (C=O) groups excluding carboxylic acids is 1. The fourth-order valence-electron chi connectivity index (χ4n) is 3.00. The Morgan fingerprint density at radius 3 is 2.67 bits per heavy atom. The molecule has 30 heavy (non-hydrogen) atoms. The van der Waals surface area contributed by atoms with Gasteiger partial charge in [-0.15, -0.1) is 11.3 Å². The minimum atomic E-state index is -3.68. The number of hydrogen-bond acceptors (Lipinski definition) is 5. The highest BCUT2D eigenvalue weighted by atomic mass is 32.2. The summed E-state index contributed by atoms with van der Waals surface area (Å²) < 4.78 is 27.3. The van der Waals surface area contributed by atoms with Crippen molar-refractivity contribution in [3.05, 3.63) is 65.5 Å². The van der Waals surface area contributed by atoms with Crippen molar-refractivity contribution in [2.45, 2.75) is 24.8 Å². The van der Waals surface area contributed by atoms with E-state index in [0.29, 0.717) is 5.69 Å². The summed E-state index contributed by atoms with van der Waals surface area (Å²) in [7, 11) is -3.68. The number of nitrogens with zero attached hydrogens (tertiary/aromatic N) is 1. The third-order valence-corrected chi connectivity index (χ3v) is 6.82. The SMILES string of the molecule is CC(C)NS(=O)(=O)c1cccc(C(=O)Nc2ccc3nc(-c4cccs4)[nH]c3c2)c1. The van der Waals surface area contributed by atoms with Gasteiger partial charge in [-0.1, -0.05) is 12.1 Å². The predicted octanol–water partition coefficient (Wildman–Crippen LogP) is 4.23. The van der Waals surface area contributed by atoms with Gasteiger partial charge in [0.25, 0.3) is 5.91 Å². The molecule has 0 aliphatic rings. The van der Waals surface area contributed by atoms with Crippen LogP contribution in [0.5, 0.6) is 0 Å². The van der Waals surface area contributed by atoms with Crippen molar-refractivity contribution in [1.29, 1.82) is 0 Å². The van der Waals surface area contributed by atoms with Crippen LogP contribution in [0.3, 0.4) is 0 Å². The quantitative estimate of drug-likeness (QED) is 0.417. The smallest absolute Gasteiger partial charge is 0.255 e. The number of fused-ring (bicyclic) bond motifs is 1. The van der Waals surface area contributed by atoms with Crippen LogP contribution >= 0.6 is 11.3 Å². The van der Waals surface area contributed by atoms with Gasteiger partial charge in [-0.25, -0.2) is 18.1 Å². The fraction of sp³-hybridized carbons (Fsp3) is 0.143. The van der Waals surface area contributed by atoms with E-state index in [1.807, 2.05) is 23.6 Å². The second-order valence-electron chi connectivity index (χ2n) is 7.05. The van der Waals surface area contributed by atoms with E-state index in [1.54, 1.807) is 49.4 Å². The van der Waals surface area contributed by atoms with Gasteiger partial charge < -0.3 is 10.3 Å². The molecule has 1 amide bonds. The largest absolute Gasteiger partial charge is 0.337 e. The van der Waals surface area contributed by atoms with Gasteiger partial charge in [-0.2, -0.15) is 0 Å². The van der Waals surface area contributed by atoms with Crippen LogP contribution in [-0.4, -0.2) is 30.3 Å². The first-order chi connectivity index (χ1) is 14.3. The van der Waals surface area contributed by atoms with Gasteiger partial charge in [0.2, 0.25) is 10.0 Å². The highest BCUT2D eigenvalue weighted by Gasteiger charge is 2.17. The summed E-state index contributed by atoms with van der Waals surface area (Å²) in [6.07, 6.45) is 0. The van der Waals surface area contributed by atoms with Crippen molar-refractivity contribution in [1.82, 2.24) is 14.7 Å². The number of hydrogen-bond donors (Lipinski definition) is 3. The Hall–Kier alpha value is -3.01. The number of sulfonamides is 1. The van der Waals surface area contributed by atoms with E-state index in [2.05, 4.69) is 20.0 Å². The lowest BCUT2D eigenvalue weighted by molar-refractivity contribution is 0.102. The van der Waals surface area contributed by atoms with E-state index in [-0.39, 0.29) is 16.5 Å². The van der Waals surface area contributed by atoms with Crippen LogP contribution in [0, 0.1) is 0 Å². The van der Waals surface area contributed by atoms with E-state index in [0.717, 1.165) is 21.7 Å². The third-order valence-electron chi connectivity index (χ3n) is 4.29. The van der Waals surface area contributed by atoms with Crippen LogP contribution in [0.25, 0.3) is 21.7 Å². The summed E-state index contributed by atoms with van der Waals surface area (Å²) in [6, 6.07) is 15.1. The fourth-order valence-corrected chi connectivity index (χ4v) is 4.97. The average Bonchev–Trinajstić information content (AvgIpc) is 3.36. The number of imidazole rings is 1. The van der Waals surface area contributed by atoms with Gasteiger partial charge in [0, 0.05) is 17.3 Å². The molecule has 3 N–H and O–H groups in total. The van der Waals surface area contributed by atoms with Gasteiger partial charge in [0.1, 0.15) is 5.82 Å². The number of rotatable bonds is 6. The van der Waals surface area contributed by atoms with Gasteiger partial charge in [-0.3, -0.25) is 4.79 Å². The number of benzene rings is 2. The molecule has 9 heteroatoms. The number of amides is 1. The minimum absolute atomic E-state index is 0.0495. The van der Waals surface area contributed by atoms with Gasteiger partial charge in [0.05, 0.1) is 20.8 Å². The zero-order valence-electron chi connectivity index (χ0n) is 16.3.